The van der Waals surface area contributed by atoms with Crippen LogP contribution in [0.3, 0.4) is 0 Å². The predicted octanol–water partition coefficient (Wildman–Crippen LogP) is 2.77. The first-order valence-corrected chi connectivity index (χ1v) is 9.29. The fourth-order valence-electron chi connectivity index (χ4n) is 3.45. The van der Waals surface area contributed by atoms with Gasteiger partial charge >= 0.3 is 0 Å². The first-order chi connectivity index (χ1) is 10.8. The Kier molecular flexibility index (Phi) is 5.50. The molecule has 0 aromatic carbocycles. The number of hydrogen-bond donors (Lipinski definition) is 0. The molecule has 1 amide bonds. The number of rotatable bonds is 4. The molecule has 122 valence electrons. The molecule has 1 aromatic rings. The number of carbonyl (C=O) groups excluding carboxylic acids is 1. The normalized spacial score (nSPS) is 23.7. The van der Waals surface area contributed by atoms with Crippen molar-refractivity contribution in [2.75, 3.05) is 39.4 Å². The van der Waals surface area contributed by atoms with Gasteiger partial charge in [0.1, 0.15) is 0 Å². The van der Waals surface area contributed by atoms with Crippen LogP contribution in [0.15, 0.2) is 11.4 Å². The molecule has 1 atom stereocenters. The number of carbonyl (C=O) groups is 1. The van der Waals surface area contributed by atoms with Crippen LogP contribution >= 0.6 is 11.3 Å². The monoisotopic (exact) mass is 322 g/mol. The Labute approximate surface area is 137 Å². The number of morpholine rings is 1. The second kappa shape index (κ2) is 7.57. The maximum Gasteiger partial charge on any atom is 0.264 e. The SMILES string of the molecule is Cc1ccsc1C(=O)N1CCCC[C@H]1CCN1CCOCC1. The summed E-state index contributed by atoms with van der Waals surface area (Å²) in [7, 11) is 0. The number of thiophene rings is 1. The summed E-state index contributed by atoms with van der Waals surface area (Å²) in [6, 6.07) is 2.45. The quantitative estimate of drug-likeness (QED) is 0.854. The van der Waals surface area contributed by atoms with Gasteiger partial charge in [-0.15, -0.1) is 11.3 Å². The van der Waals surface area contributed by atoms with Gasteiger partial charge in [-0.25, -0.2) is 0 Å². The predicted molar refractivity (Wildman–Crippen MR) is 89.6 cm³/mol. The van der Waals surface area contributed by atoms with E-state index in [1.807, 2.05) is 18.4 Å². The molecular formula is C17H26N2O2S. The first kappa shape index (κ1) is 16.0. The van der Waals surface area contributed by atoms with Gasteiger partial charge in [-0.1, -0.05) is 0 Å². The zero-order valence-electron chi connectivity index (χ0n) is 13.4. The molecule has 0 radical (unpaired) electrons. The van der Waals surface area contributed by atoms with Crippen molar-refractivity contribution in [2.45, 2.75) is 38.6 Å². The lowest BCUT2D eigenvalue weighted by atomic mass is 9.98. The summed E-state index contributed by atoms with van der Waals surface area (Å²) < 4.78 is 5.41. The molecule has 0 aliphatic carbocycles. The van der Waals surface area contributed by atoms with Crippen molar-refractivity contribution in [3.8, 4) is 0 Å². The summed E-state index contributed by atoms with van der Waals surface area (Å²) in [6.07, 6.45) is 4.64. The van der Waals surface area contributed by atoms with Crippen molar-refractivity contribution in [3.63, 3.8) is 0 Å². The molecule has 3 rings (SSSR count). The lowest BCUT2D eigenvalue weighted by Gasteiger charge is -2.37. The van der Waals surface area contributed by atoms with Crippen molar-refractivity contribution in [1.82, 2.24) is 9.80 Å². The lowest BCUT2D eigenvalue weighted by Crippen LogP contribution is -2.46. The van der Waals surface area contributed by atoms with Crippen LogP contribution in [-0.2, 0) is 4.74 Å². The fraction of sp³-hybridized carbons (Fsp3) is 0.706. The molecule has 2 aliphatic rings. The Hall–Kier alpha value is -0.910. The van der Waals surface area contributed by atoms with Gasteiger partial charge in [0, 0.05) is 32.2 Å². The van der Waals surface area contributed by atoms with Gasteiger partial charge < -0.3 is 9.64 Å². The van der Waals surface area contributed by atoms with Crippen LogP contribution in [0, 0.1) is 6.92 Å². The molecule has 5 heteroatoms. The van der Waals surface area contributed by atoms with Crippen LogP contribution < -0.4 is 0 Å². The number of hydrogen-bond acceptors (Lipinski definition) is 4. The smallest absolute Gasteiger partial charge is 0.264 e. The Morgan fingerprint density at radius 3 is 2.86 bits per heavy atom. The summed E-state index contributed by atoms with van der Waals surface area (Å²) in [5, 5.41) is 2.02. The highest BCUT2D eigenvalue weighted by Gasteiger charge is 2.29. The van der Waals surface area contributed by atoms with Crippen LogP contribution in [0.5, 0.6) is 0 Å². The fourth-order valence-corrected chi connectivity index (χ4v) is 4.33. The summed E-state index contributed by atoms with van der Waals surface area (Å²) in [4.78, 5) is 18.4. The number of nitrogens with zero attached hydrogens (tertiary/aromatic N) is 2. The van der Waals surface area contributed by atoms with E-state index in [1.54, 1.807) is 11.3 Å². The van der Waals surface area contributed by atoms with Crippen molar-refractivity contribution >= 4 is 17.2 Å². The highest BCUT2D eigenvalue weighted by molar-refractivity contribution is 7.12. The molecule has 0 unspecified atom stereocenters. The maximum absolute atomic E-state index is 12.8. The molecular weight excluding hydrogens is 296 g/mol. The Morgan fingerprint density at radius 1 is 1.32 bits per heavy atom. The number of likely N-dealkylation sites (tertiary alicyclic amines) is 1. The number of amides is 1. The van der Waals surface area contributed by atoms with Crippen LogP contribution in [0.4, 0.5) is 0 Å². The van der Waals surface area contributed by atoms with Gasteiger partial charge in [0.2, 0.25) is 0 Å². The van der Waals surface area contributed by atoms with Crippen LogP contribution in [0.1, 0.15) is 40.9 Å². The second-order valence-electron chi connectivity index (χ2n) is 6.32. The van der Waals surface area contributed by atoms with E-state index in [9.17, 15) is 4.79 Å². The molecule has 2 saturated heterocycles. The van der Waals surface area contributed by atoms with Crippen molar-refractivity contribution in [2.24, 2.45) is 0 Å². The van der Waals surface area contributed by atoms with Crippen molar-refractivity contribution in [3.05, 3.63) is 21.9 Å². The minimum atomic E-state index is 0.249. The Balaban J connectivity index is 1.61. The van der Waals surface area contributed by atoms with Gasteiger partial charge in [0.05, 0.1) is 18.1 Å². The number of piperidine rings is 1. The number of ether oxygens (including phenoxy) is 1. The van der Waals surface area contributed by atoms with E-state index in [2.05, 4.69) is 9.80 Å². The van der Waals surface area contributed by atoms with Crippen LogP contribution in [0.25, 0.3) is 0 Å². The topological polar surface area (TPSA) is 32.8 Å². The van der Waals surface area contributed by atoms with Gasteiger partial charge in [-0.3, -0.25) is 9.69 Å². The lowest BCUT2D eigenvalue weighted by molar-refractivity contribution is 0.0296. The zero-order valence-corrected chi connectivity index (χ0v) is 14.2. The number of aryl methyl sites for hydroxylation is 1. The summed E-state index contributed by atoms with van der Waals surface area (Å²) in [5.74, 6) is 0.249. The molecule has 0 saturated carbocycles. The molecule has 0 bridgehead atoms. The van der Waals surface area contributed by atoms with Crippen LogP contribution in [-0.4, -0.2) is 61.1 Å². The molecule has 1 aromatic heterocycles. The van der Waals surface area contributed by atoms with E-state index in [4.69, 9.17) is 4.74 Å². The van der Waals surface area contributed by atoms with Crippen molar-refractivity contribution in [1.29, 1.82) is 0 Å². The first-order valence-electron chi connectivity index (χ1n) is 8.41. The van der Waals surface area contributed by atoms with Crippen LogP contribution in [0.2, 0.25) is 0 Å². The van der Waals surface area contributed by atoms with E-state index in [-0.39, 0.29) is 5.91 Å². The largest absolute Gasteiger partial charge is 0.379 e. The third-order valence-corrected chi connectivity index (χ3v) is 5.83. The van der Waals surface area contributed by atoms with E-state index >= 15 is 0 Å². The molecule has 0 spiro atoms. The highest BCUT2D eigenvalue weighted by Crippen LogP contribution is 2.25. The summed E-state index contributed by atoms with van der Waals surface area (Å²) >= 11 is 1.58. The summed E-state index contributed by atoms with van der Waals surface area (Å²) in [6.45, 7) is 7.81. The van der Waals surface area contributed by atoms with E-state index in [1.165, 1.54) is 6.42 Å². The van der Waals surface area contributed by atoms with Gasteiger partial charge in [-0.2, -0.15) is 0 Å². The molecule has 4 nitrogen and oxygen atoms in total. The van der Waals surface area contributed by atoms with E-state index < -0.39 is 0 Å². The molecule has 22 heavy (non-hydrogen) atoms. The minimum Gasteiger partial charge on any atom is -0.379 e. The Morgan fingerprint density at radius 2 is 2.14 bits per heavy atom. The molecule has 3 heterocycles. The third kappa shape index (κ3) is 3.70. The maximum atomic E-state index is 12.8. The summed E-state index contributed by atoms with van der Waals surface area (Å²) in [5.41, 5.74) is 1.12. The average Bonchev–Trinajstić information content (AvgIpc) is 2.99. The highest BCUT2D eigenvalue weighted by atomic mass is 32.1. The minimum absolute atomic E-state index is 0.249. The molecule has 2 fully saturated rings. The molecule has 0 N–H and O–H groups in total. The zero-order chi connectivity index (χ0) is 15.4. The molecule has 2 aliphatic heterocycles. The third-order valence-electron chi connectivity index (χ3n) is 4.83. The second-order valence-corrected chi connectivity index (χ2v) is 7.24. The van der Waals surface area contributed by atoms with E-state index in [0.29, 0.717) is 6.04 Å². The van der Waals surface area contributed by atoms with Gasteiger partial charge in [-0.05, 0) is 49.6 Å². The van der Waals surface area contributed by atoms with Gasteiger partial charge in [0.15, 0.2) is 0 Å². The standard InChI is InChI=1S/C17H26N2O2S/c1-14-6-13-22-16(14)17(20)19-7-3-2-4-15(19)5-8-18-9-11-21-12-10-18/h6,13,15H,2-5,7-12H2,1H3/t15-/m0/s1. The van der Waals surface area contributed by atoms with Crippen molar-refractivity contribution < 1.29 is 9.53 Å². The Bertz CT molecular complexity index is 497. The average molecular weight is 322 g/mol. The van der Waals surface area contributed by atoms with Gasteiger partial charge in [0.25, 0.3) is 5.91 Å². The van der Waals surface area contributed by atoms with E-state index in [0.717, 1.165) is 69.1 Å².